The topological polar surface area (TPSA) is 67.9 Å². The lowest BCUT2D eigenvalue weighted by Crippen LogP contribution is -2.50. The molecule has 0 bridgehead atoms. The van der Waals surface area contributed by atoms with Crippen LogP contribution in [0.2, 0.25) is 0 Å². The van der Waals surface area contributed by atoms with Crippen LogP contribution in [0.1, 0.15) is 59.1 Å². The van der Waals surface area contributed by atoms with Gasteiger partial charge in [-0.05, 0) is 61.1 Å². The SMILES string of the molecule is CCC(C)NC(=O)C(C)N(Cc1cccc(OC)c1)C(=O)COc1ccc(C(C)(C)C)cc1. The molecule has 0 aliphatic heterocycles. The molecule has 2 aromatic rings. The second-order valence-electron chi connectivity index (χ2n) is 9.43. The predicted octanol–water partition coefficient (Wildman–Crippen LogP) is 4.70. The third-order valence-corrected chi connectivity index (χ3v) is 5.74. The lowest BCUT2D eigenvalue weighted by Gasteiger charge is -2.29. The Morgan fingerprint density at radius 3 is 2.27 bits per heavy atom. The summed E-state index contributed by atoms with van der Waals surface area (Å²) in [4.78, 5) is 27.6. The molecule has 0 heterocycles. The molecule has 2 aromatic carbocycles. The van der Waals surface area contributed by atoms with Gasteiger partial charge in [-0.2, -0.15) is 0 Å². The zero-order chi connectivity index (χ0) is 24.6. The normalized spacial score (nSPS) is 13.1. The molecule has 0 radical (unpaired) electrons. The van der Waals surface area contributed by atoms with E-state index in [0.717, 1.165) is 12.0 Å². The number of nitrogens with zero attached hydrogens (tertiary/aromatic N) is 1. The highest BCUT2D eigenvalue weighted by Gasteiger charge is 2.27. The number of rotatable bonds is 10. The Kier molecular flexibility index (Phi) is 9.32. The quantitative estimate of drug-likeness (QED) is 0.565. The maximum Gasteiger partial charge on any atom is 0.261 e. The molecule has 0 fully saturated rings. The molecule has 6 heteroatoms. The van der Waals surface area contributed by atoms with Crippen LogP contribution >= 0.6 is 0 Å². The molecule has 2 amide bonds. The summed E-state index contributed by atoms with van der Waals surface area (Å²) in [5.74, 6) is 0.876. The fourth-order valence-corrected chi connectivity index (χ4v) is 3.29. The lowest BCUT2D eigenvalue weighted by molar-refractivity contribution is -0.142. The molecule has 33 heavy (non-hydrogen) atoms. The Balaban J connectivity index is 2.16. The van der Waals surface area contributed by atoms with Crippen molar-refractivity contribution in [1.82, 2.24) is 10.2 Å². The van der Waals surface area contributed by atoms with Crippen LogP contribution in [0.3, 0.4) is 0 Å². The van der Waals surface area contributed by atoms with E-state index in [1.165, 1.54) is 5.56 Å². The van der Waals surface area contributed by atoms with E-state index in [0.29, 0.717) is 11.5 Å². The number of methoxy groups -OCH3 is 1. The van der Waals surface area contributed by atoms with Crippen molar-refractivity contribution in [2.75, 3.05) is 13.7 Å². The van der Waals surface area contributed by atoms with Crippen molar-refractivity contribution in [3.8, 4) is 11.5 Å². The summed E-state index contributed by atoms with van der Waals surface area (Å²) in [6.07, 6.45) is 0.815. The average Bonchev–Trinajstić information content (AvgIpc) is 2.80. The first-order valence-electron chi connectivity index (χ1n) is 11.5. The van der Waals surface area contributed by atoms with Crippen molar-refractivity contribution in [3.63, 3.8) is 0 Å². The highest BCUT2D eigenvalue weighted by Crippen LogP contribution is 2.24. The number of carbonyl (C=O) groups is 2. The van der Waals surface area contributed by atoms with Crippen molar-refractivity contribution in [3.05, 3.63) is 59.7 Å². The maximum absolute atomic E-state index is 13.2. The monoisotopic (exact) mass is 454 g/mol. The van der Waals surface area contributed by atoms with Crippen molar-refractivity contribution >= 4 is 11.8 Å². The van der Waals surface area contributed by atoms with Gasteiger partial charge in [0.15, 0.2) is 6.61 Å². The van der Waals surface area contributed by atoms with Gasteiger partial charge in [-0.25, -0.2) is 0 Å². The summed E-state index contributed by atoms with van der Waals surface area (Å²) in [6, 6.07) is 14.6. The number of nitrogens with one attached hydrogen (secondary N) is 1. The Labute approximate surface area is 198 Å². The molecule has 6 nitrogen and oxygen atoms in total. The minimum absolute atomic E-state index is 0.0336. The fourth-order valence-electron chi connectivity index (χ4n) is 3.29. The first-order valence-corrected chi connectivity index (χ1v) is 11.5. The first kappa shape index (κ1) is 26.2. The molecule has 0 aliphatic rings. The molecule has 0 saturated carbocycles. The van der Waals surface area contributed by atoms with Crippen LogP contribution in [0.25, 0.3) is 0 Å². The van der Waals surface area contributed by atoms with Gasteiger partial charge < -0.3 is 19.7 Å². The third kappa shape index (κ3) is 7.81. The molecular formula is C27H38N2O4. The van der Waals surface area contributed by atoms with Crippen LogP contribution in [-0.2, 0) is 21.5 Å². The summed E-state index contributed by atoms with van der Waals surface area (Å²) in [6.45, 7) is 12.3. The zero-order valence-electron chi connectivity index (χ0n) is 21.0. The van der Waals surface area contributed by atoms with Crippen molar-refractivity contribution in [1.29, 1.82) is 0 Å². The van der Waals surface area contributed by atoms with Gasteiger partial charge >= 0.3 is 0 Å². The molecule has 0 spiro atoms. The standard InChI is InChI=1S/C27H38N2O4/c1-8-19(2)28-26(31)20(3)29(17-21-10-9-11-24(16-21)32-7)25(30)18-33-23-14-12-22(13-15-23)27(4,5)6/h9-16,19-20H,8,17-18H2,1-7H3,(H,28,31). The van der Waals surface area contributed by atoms with Crippen LogP contribution in [0, 0.1) is 0 Å². The fraction of sp³-hybridized carbons (Fsp3) is 0.481. The predicted molar refractivity (Wildman–Crippen MR) is 132 cm³/mol. The van der Waals surface area contributed by atoms with Gasteiger partial charge in [0.25, 0.3) is 5.91 Å². The van der Waals surface area contributed by atoms with E-state index in [4.69, 9.17) is 9.47 Å². The van der Waals surface area contributed by atoms with E-state index in [2.05, 4.69) is 26.1 Å². The summed E-state index contributed by atoms with van der Waals surface area (Å²) in [5, 5.41) is 2.97. The van der Waals surface area contributed by atoms with E-state index in [-0.39, 0.29) is 36.4 Å². The Morgan fingerprint density at radius 2 is 1.70 bits per heavy atom. The maximum atomic E-state index is 13.2. The minimum atomic E-state index is -0.649. The third-order valence-electron chi connectivity index (χ3n) is 5.74. The molecule has 0 aromatic heterocycles. The van der Waals surface area contributed by atoms with Crippen LogP contribution in [0.4, 0.5) is 0 Å². The number of benzene rings is 2. The van der Waals surface area contributed by atoms with E-state index in [1.807, 2.05) is 62.4 Å². The first-order chi connectivity index (χ1) is 15.5. The zero-order valence-corrected chi connectivity index (χ0v) is 21.0. The highest BCUT2D eigenvalue weighted by molar-refractivity contribution is 5.88. The number of hydrogen-bond acceptors (Lipinski definition) is 4. The molecule has 2 atom stereocenters. The minimum Gasteiger partial charge on any atom is -0.497 e. The Hall–Kier alpha value is -3.02. The van der Waals surface area contributed by atoms with Crippen LogP contribution in [0.5, 0.6) is 11.5 Å². The van der Waals surface area contributed by atoms with Gasteiger partial charge in [0.2, 0.25) is 5.91 Å². The number of carbonyl (C=O) groups excluding carboxylic acids is 2. The molecule has 2 unspecified atom stereocenters. The molecule has 180 valence electrons. The van der Waals surface area contributed by atoms with Crippen molar-refractivity contribution in [2.24, 2.45) is 0 Å². The smallest absolute Gasteiger partial charge is 0.261 e. The number of hydrogen-bond donors (Lipinski definition) is 1. The second-order valence-corrected chi connectivity index (χ2v) is 9.43. The van der Waals surface area contributed by atoms with Crippen LogP contribution in [-0.4, -0.2) is 42.5 Å². The molecule has 0 saturated heterocycles. The average molecular weight is 455 g/mol. The van der Waals surface area contributed by atoms with Gasteiger partial charge in [0, 0.05) is 12.6 Å². The molecular weight excluding hydrogens is 416 g/mol. The van der Waals surface area contributed by atoms with E-state index in [9.17, 15) is 9.59 Å². The summed E-state index contributed by atoms with van der Waals surface area (Å²) < 4.78 is 11.1. The number of amides is 2. The molecule has 2 rings (SSSR count). The van der Waals surface area contributed by atoms with Gasteiger partial charge in [-0.15, -0.1) is 0 Å². The largest absolute Gasteiger partial charge is 0.497 e. The van der Waals surface area contributed by atoms with Crippen LogP contribution < -0.4 is 14.8 Å². The lowest BCUT2D eigenvalue weighted by atomic mass is 9.87. The van der Waals surface area contributed by atoms with Gasteiger partial charge in [-0.3, -0.25) is 9.59 Å². The van der Waals surface area contributed by atoms with E-state index in [1.54, 1.807) is 18.9 Å². The van der Waals surface area contributed by atoms with Crippen LogP contribution in [0.15, 0.2) is 48.5 Å². The van der Waals surface area contributed by atoms with Gasteiger partial charge in [-0.1, -0.05) is 52.0 Å². The van der Waals surface area contributed by atoms with Crippen molar-refractivity contribution < 1.29 is 19.1 Å². The summed E-state index contributed by atoms with van der Waals surface area (Å²) in [7, 11) is 1.60. The highest BCUT2D eigenvalue weighted by atomic mass is 16.5. The summed E-state index contributed by atoms with van der Waals surface area (Å²) in [5.41, 5.74) is 2.11. The van der Waals surface area contributed by atoms with E-state index < -0.39 is 6.04 Å². The summed E-state index contributed by atoms with van der Waals surface area (Å²) >= 11 is 0. The number of ether oxygens (including phenoxy) is 2. The molecule has 1 N–H and O–H groups in total. The van der Waals surface area contributed by atoms with Gasteiger partial charge in [0.05, 0.1) is 7.11 Å². The second kappa shape index (κ2) is 11.7. The van der Waals surface area contributed by atoms with E-state index >= 15 is 0 Å². The Bertz CT molecular complexity index is 918. The molecule has 0 aliphatic carbocycles. The Morgan fingerprint density at radius 1 is 1.03 bits per heavy atom. The van der Waals surface area contributed by atoms with Gasteiger partial charge in [0.1, 0.15) is 17.5 Å². The van der Waals surface area contributed by atoms with Crippen molar-refractivity contribution in [2.45, 2.75) is 72.0 Å².